The van der Waals surface area contributed by atoms with Crippen molar-refractivity contribution in [1.82, 2.24) is 19.6 Å². The minimum Gasteiger partial charge on any atom is -0.353 e. The number of aromatic nitrogens is 4. The van der Waals surface area contributed by atoms with E-state index in [-0.39, 0.29) is 5.82 Å². The number of benzene rings is 1. The number of halogens is 1. The third kappa shape index (κ3) is 2.11. The van der Waals surface area contributed by atoms with Crippen molar-refractivity contribution in [2.24, 2.45) is 0 Å². The highest BCUT2D eigenvalue weighted by Crippen LogP contribution is 2.31. The molecule has 5 nitrogen and oxygen atoms in total. The molecule has 0 spiro atoms. The van der Waals surface area contributed by atoms with E-state index in [1.165, 1.54) is 17.7 Å². The molecule has 112 valence electrons. The Morgan fingerprint density at radius 3 is 2.82 bits per heavy atom. The molecule has 1 aliphatic heterocycles. The fourth-order valence-electron chi connectivity index (χ4n) is 3.11. The molecule has 2 aromatic heterocycles. The molecule has 0 amide bonds. The SMILES string of the molecule is Cc1nnc2c(N3CCC(c4ccc(F)cc4)C3)nccn12. The Kier molecular flexibility index (Phi) is 3.03. The summed E-state index contributed by atoms with van der Waals surface area (Å²) in [4.78, 5) is 6.72. The molecule has 1 unspecified atom stereocenters. The predicted octanol–water partition coefficient (Wildman–Crippen LogP) is 2.57. The summed E-state index contributed by atoms with van der Waals surface area (Å²) in [6.07, 6.45) is 4.69. The molecule has 1 aromatic carbocycles. The zero-order valence-electron chi connectivity index (χ0n) is 12.3. The van der Waals surface area contributed by atoms with Gasteiger partial charge in [-0.1, -0.05) is 12.1 Å². The monoisotopic (exact) mass is 297 g/mol. The molecule has 1 saturated heterocycles. The van der Waals surface area contributed by atoms with Gasteiger partial charge in [0.1, 0.15) is 11.6 Å². The number of hydrogen-bond donors (Lipinski definition) is 0. The summed E-state index contributed by atoms with van der Waals surface area (Å²) < 4.78 is 15.0. The van der Waals surface area contributed by atoms with Crippen LogP contribution >= 0.6 is 0 Å². The first-order valence-corrected chi connectivity index (χ1v) is 7.39. The maximum atomic E-state index is 13.1. The lowest BCUT2D eigenvalue weighted by molar-refractivity contribution is 0.625. The number of aryl methyl sites for hydroxylation is 1. The molecule has 0 aliphatic carbocycles. The van der Waals surface area contributed by atoms with Crippen molar-refractivity contribution in [2.45, 2.75) is 19.3 Å². The molecule has 0 saturated carbocycles. The molecule has 6 heteroatoms. The van der Waals surface area contributed by atoms with Gasteiger partial charge in [0.25, 0.3) is 0 Å². The summed E-state index contributed by atoms with van der Waals surface area (Å²) in [5.41, 5.74) is 1.97. The predicted molar refractivity (Wildman–Crippen MR) is 81.5 cm³/mol. The topological polar surface area (TPSA) is 46.3 Å². The maximum Gasteiger partial charge on any atom is 0.203 e. The summed E-state index contributed by atoms with van der Waals surface area (Å²) >= 11 is 0. The molecule has 3 aromatic rings. The van der Waals surface area contributed by atoms with Gasteiger partial charge in [-0.3, -0.25) is 4.40 Å². The zero-order valence-corrected chi connectivity index (χ0v) is 12.3. The van der Waals surface area contributed by atoms with E-state index in [4.69, 9.17) is 0 Å². The molecular weight excluding hydrogens is 281 g/mol. The number of rotatable bonds is 2. The van der Waals surface area contributed by atoms with E-state index in [1.54, 1.807) is 6.20 Å². The Hall–Kier alpha value is -2.50. The standard InChI is InChI=1S/C16H16FN5/c1-11-19-20-16-15(18-7-9-22(11)16)21-8-6-13(10-21)12-2-4-14(17)5-3-12/h2-5,7,9,13H,6,8,10H2,1H3. The lowest BCUT2D eigenvalue weighted by Crippen LogP contribution is -2.21. The molecule has 1 atom stereocenters. The van der Waals surface area contributed by atoms with Gasteiger partial charge in [-0.2, -0.15) is 0 Å². The molecule has 22 heavy (non-hydrogen) atoms. The lowest BCUT2D eigenvalue weighted by Gasteiger charge is -2.17. The molecule has 0 radical (unpaired) electrons. The number of nitrogens with zero attached hydrogens (tertiary/aromatic N) is 5. The van der Waals surface area contributed by atoms with Gasteiger partial charge < -0.3 is 4.90 Å². The van der Waals surface area contributed by atoms with Gasteiger partial charge in [0.15, 0.2) is 5.82 Å². The quantitative estimate of drug-likeness (QED) is 0.729. The second kappa shape index (κ2) is 5.05. The Bertz CT molecular complexity index is 811. The smallest absolute Gasteiger partial charge is 0.203 e. The zero-order chi connectivity index (χ0) is 15.1. The van der Waals surface area contributed by atoms with Crippen LogP contribution in [0.4, 0.5) is 10.2 Å². The summed E-state index contributed by atoms with van der Waals surface area (Å²) in [5.74, 6) is 1.93. The van der Waals surface area contributed by atoms with Crippen LogP contribution in [-0.2, 0) is 0 Å². The second-order valence-electron chi connectivity index (χ2n) is 5.67. The second-order valence-corrected chi connectivity index (χ2v) is 5.67. The molecule has 1 aliphatic rings. The van der Waals surface area contributed by atoms with Gasteiger partial charge in [-0.15, -0.1) is 10.2 Å². The van der Waals surface area contributed by atoms with Crippen molar-refractivity contribution in [2.75, 3.05) is 18.0 Å². The van der Waals surface area contributed by atoms with Crippen molar-refractivity contribution in [1.29, 1.82) is 0 Å². The molecule has 4 rings (SSSR count). The van der Waals surface area contributed by atoms with Crippen molar-refractivity contribution in [3.63, 3.8) is 0 Å². The highest BCUT2D eigenvalue weighted by atomic mass is 19.1. The molecule has 0 N–H and O–H groups in total. The highest BCUT2D eigenvalue weighted by molar-refractivity contribution is 5.64. The minimum atomic E-state index is -0.191. The third-order valence-corrected chi connectivity index (χ3v) is 4.31. The Morgan fingerprint density at radius 2 is 2.00 bits per heavy atom. The van der Waals surface area contributed by atoms with Crippen LogP contribution in [0.3, 0.4) is 0 Å². The van der Waals surface area contributed by atoms with Gasteiger partial charge in [-0.05, 0) is 31.0 Å². The van der Waals surface area contributed by atoms with Crippen LogP contribution in [0.25, 0.3) is 5.65 Å². The fourth-order valence-corrected chi connectivity index (χ4v) is 3.11. The van der Waals surface area contributed by atoms with Gasteiger partial charge >= 0.3 is 0 Å². The molecule has 3 heterocycles. The normalized spacial score (nSPS) is 18.3. The van der Waals surface area contributed by atoms with Crippen molar-refractivity contribution < 1.29 is 4.39 Å². The Balaban J connectivity index is 1.63. The molecule has 0 bridgehead atoms. The number of anilines is 1. The Labute approximate surface area is 127 Å². The first kappa shape index (κ1) is 13.2. The van der Waals surface area contributed by atoms with Crippen LogP contribution < -0.4 is 4.90 Å². The van der Waals surface area contributed by atoms with Gasteiger partial charge in [0.2, 0.25) is 5.65 Å². The van der Waals surface area contributed by atoms with Crippen LogP contribution in [-0.4, -0.2) is 32.7 Å². The first-order chi connectivity index (χ1) is 10.7. The summed E-state index contributed by atoms with van der Waals surface area (Å²) in [6, 6.07) is 6.80. The van der Waals surface area contributed by atoms with Crippen molar-refractivity contribution >= 4 is 11.5 Å². The van der Waals surface area contributed by atoms with Gasteiger partial charge in [0.05, 0.1) is 0 Å². The van der Waals surface area contributed by atoms with E-state index in [2.05, 4.69) is 20.1 Å². The van der Waals surface area contributed by atoms with Gasteiger partial charge in [0, 0.05) is 31.4 Å². The van der Waals surface area contributed by atoms with Gasteiger partial charge in [-0.25, -0.2) is 9.37 Å². The fraction of sp³-hybridized carbons (Fsp3) is 0.312. The molecule has 1 fully saturated rings. The van der Waals surface area contributed by atoms with Crippen LogP contribution in [0.1, 0.15) is 23.7 Å². The van der Waals surface area contributed by atoms with E-state index in [1.807, 2.05) is 29.7 Å². The highest BCUT2D eigenvalue weighted by Gasteiger charge is 2.26. The van der Waals surface area contributed by atoms with Crippen LogP contribution in [0.15, 0.2) is 36.7 Å². The largest absolute Gasteiger partial charge is 0.353 e. The average molecular weight is 297 g/mol. The first-order valence-electron chi connectivity index (χ1n) is 7.39. The summed E-state index contributed by atoms with van der Waals surface area (Å²) in [7, 11) is 0. The van der Waals surface area contributed by atoms with E-state index in [0.717, 1.165) is 36.8 Å². The van der Waals surface area contributed by atoms with E-state index >= 15 is 0 Å². The van der Waals surface area contributed by atoms with E-state index < -0.39 is 0 Å². The summed E-state index contributed by atoms with van der Waals surface area (Å²) in [5, 5.41) is 8.35. The van der Waals surface area contributed by atoms with Crippen LogP contribution in [0.5, 0.6) is 0 Å². The average Bonchev–Trinajstić information content (AvgIpc) is 3.16. The number of hydrogen-bond acceptors (Lipinski definition) is 4. The lowest BCUT2D eigenvalue weighted by atomic mass is 9.99. The minimum absolute atomic E-state index is 0.191. The third-order valence-electron chi connectivity index (χ3n) is 4.31. The molecular formula is C16H16FN5. The van der Waals surface area contributed by atoms with Crippen molar-refractivity contribution in [3.05, 3.63) is 53.9 Å². The summed E-state index contributed by atoms with van der Waals surface area (Å²) in [6.45, 7) is 3.71. The van der Waals surface area contributed by atoms with E-state index in [9.17, 15) is 4.39 Å². The maximum absolute atomic E-state index is 13.1. The van der Waals surface area contributed by atoms with Crippen molar-refractivity contribution in [3.8, 4) is 0 Å². The van der Waals surface area contributed by atoms with Crippen LogP contribution in [0.2, 0.25) is 0 Å². The van der Waals surface area contributed by atoms with Crippen LogP contribution in [0, 0.1) is 12.7 Å². The van der Waals surface area contributed by atoms with E-state index in [0.29, 0.717) is 5.92 Å². The number of fused-ring (bicyclic) bond motifs is 1. The Morgan fingerprint density at radius 1 is 1.18 bits per heavy atom.